The fourth-order valence-corrected chi connectivity index (χ4v) is 1.69. The highest BCUT2D eigenvalue weighted by molar-refractivity contribution is 7.99. The van der Waals surface area contributed by atoms with Crippen LogP contribution in [0, 0.1) is 0 Å². The lowest BCUT2D eigenvalue weighted by Gasteiger charge is -2.01. The van der Waals surface area contributed by atoms with Crippen LogP contribution in [0.4, 0.5) is 0 Å². The molecule has 88 valence electrons. The molecule has 2 aromatic rings. The molecular formula is C8H8N6O2S. The molecule has 2 rings (SSSR count). The van der Waals surface area contributed by atoms with E-state index >= 15 is 0 Å². The molecular weight excluding hydrogens is 244 g/mol. The van der Waals surface area contributed by atoms with Crippen LogP contribution in [-0.2, 0) is 16.1 Å². The summed E-state index contributed by atoms with van der Waals surface area (Å²) in [6, 6.07) is 1.72. The summed E-state index contributed by atoms with van der Waals surface area (Å²) in [6.45, 7) is -0.0308. The summed E-state index contributed by atoms with van der Waals surface area (Å²) in [4.78, 5) is 18.9. The van der Waals surface area contributed by atoms with Gasteiger partial charge in [0.05, 0.1) is 7.11 Å². The third-order valence-corrected chi connectivity index (χ3v) is 2.68. The van der Waals surface area contributed by atoms with Crippen LogP contribution in [0.5, 0.6) is 0 Å². The first kappa shape index (κ1) is 11.5. The molecule has 17 heavy (non-hydrogen) atoms. The fourth-order valence-electron chi connectivity index (χ4n) is 0.988. The third kappa shape index (κ3) is 2.97. The molecule has 2 aromatic heterocycles. The number of tetrazole rings is 1. The van der Waals surface area contributed by atoms with E-state index in [9.17, 15) is 4.79 Å². The monoisotopic (exact) mass is 252 g/mol. The summed E-state index contributed by atoms with van der Waals surface area (Å²) >= 11 is 1.24. The minimum Gasteiger partial charge on any atom is -0.468 e. The first-order valence-corrected chi connectivity index (χ1v) is 5.38. The Morgan fingerprint density at radius 3 is 3.18 bits per heavy atom. The van der Waals surface area contributed by atoms with Gasteiger partial charge in [0, 0.05) is 6.20 Å². The molecule has 0 aliphatic rings. The molecule has 0 aromatic carbocycles. The molecule has 8 nitrogen and oxygen atoms in total. The van der Waals surface area contributed by atoms with E-state index < -0.39 is 5.97 Å². The van der Waals surface area contributed by atoms with E-state index in [0.717, 1.165) is 0 Å². The van der Waals surface area contributed by atoms with Crippen molar-refractivity contribution in [2.75, 3.05) is 7.11 Å². The standard InChI is InChI=1S/C8H8N6O2S/c1-16-7(15)4-14-8(11-12-13-14)17-6-2-3-9-5-10-6/h2-3,5H,4H2,1H3. The third-order valence-electron chi connectivity index (χ3n) is 1.76. The van der Waals surface area contributed by atoms with Crippen LogP contribution in [0.1, 0.15) is 0 Å². The van der Waals surface area contributed by atoms with Gasteiger partial charge in [-0.15, -0.1) is 5.10 Å². The van der Waals surface area contributed by atoms with Gasteiger partial charge in [-0.2, -0.15) is 0 Å². The van der Waals surface area contributed by atoms with Crippen LogP contribution in [0.3, 0.4) is 0 Å². The van der Waals surface area contributed by atoms with Crippen molar-refractivity contribution < 1.29 is 9.53 Å². The molecule has 0 amide bonds. The molecule has 9 heteroatoms. The molecule has 2 heterocycles. The van der Waals surface area contributed by atoms with Gasteiger partial charge in [-0.25, -0.2) is 14.6 Å². The molecule has 0 radical (unpaired) electrons. The molecule has 0 atom stereocenters. The van der Waals surface area contributed by atoms with Gasteiger partial charge >= 0.3 is 5.97 Å². The quantitative estimate of drug-likeness (QED) is 0.544. The Kier molecular flexibility index (Phi) is 3.60. The van der Waals surface area contributed by atoms with Gasteiger partial charge in [0.1, 0.15) is 17.9 Å². The second-order valence-electron chi connectivity index (χ2n) is 2.84. The summed E-state index contributed by atoms with van der Waals surface area (Å²) in [5, 5.41) is 12.1. The van der Waals surface area contributed by atoms with E-state index in [-0.39, 0.29) is 6.54 Å². The highest BCUT2D eigenvalue weighted by Gasteiger charge is 2.12. The van der Waals surface area contributed by atoms with E-state index in [2.05, 4.69) is 30.2 Å². The number of carbonyl (C=O) groups excluding carboxylic acids is 1. The van der Waals surface area contributed by atoms with Crippen LogP contribution in [0.25, 0.3) is 0 Å². The van der Waals surface area contributed by atoms with Gasteiger partial charge in [0.15, 0.2) is 0 Å². The van der Waals surface area contributed by atoms with Gasteiger partial charge < -0.3 is 4.74 Å². The second kappa shape index (κ2) is 5.34. The van der Waals surface area contributed by atoms with Crippen LogP contribution in [0.2, 0.25) is 0 Å². The number of carbonyl (C=O) groups is 1. The average molecular weight is 252 g/mol. The average Bonchev–Trinajstić information content (AvgIpc) is 2.78. The number of ether oxygens (including phenoxy) is 1. The number of hydrogen-bond donors (Lipinski definition) is 0. The minimum atomic E-state index is -0.415. The van der Waals surface area contributed by atoms with E-state index in [1.165, 1.54) is 29.9 Å². The normalized spacial score (nSPS) is 10.2. The van der Waals surface area contributed by atoms with Crippen molar-refractivity contribution >= 4 is 17.7 Å². The highest BCUT2D eigenvalue weighted by atomic mass is 32.2. The van der Waals surface area contributed by atoms with E-state index in [4.69, 9.17) is 0 Å². The van der Waals surface area contributed by atoms with Gasteiger partial charge in [0.25, 0.3) is 0 Å². The number of nitrogens with zero attached hydrogens (tertiary/aromatic N) is 6. The van der Waals surface area contributed by atoms with Gasteiger partial charge in [-0.05, 0) is 28.3 Å². The van der Waals surface area contributed by atoms with E-state index in [1.54, 1.807) is 12.3 Å². The van der Waals surface area contributed by atoms with Gasteiger partial charge in [0.2, 0.25) is 5.16 Å². The molecule has 0 N–H and O–H groups in total. The summed E-state index contributed by atoms with van der Waals surface area (Å²) < 4.78 is 5.88. The Morgan fingerprint density at radius 1 is 1.59 bits per heavy atom. The van der Waals surface area contributed by atoms with Crippen molar-refractivity contribution in [3.63, 3.8) is 0 Å². The fraction of sp³-hybridized carbons (Fsp3) is 0.250. The van der Waals surface area contributed by atoms with Gasteiger partial charge in [-0.1, -0.05) is 0 Å². The molecule has 0 fully saturated rings. The SMILES string of the molecule is COC(=O)Cn1nnnc1Sc1ccncn1. The Hall–Kier alpha value is -2.03. The van der Waals surface area contributed by atoms with Crippen molar-refractivity contribution in [3.05, 3.63) is 18.6 Å². The summed E-state index contributed by atoms with van der Waals surface area (Å²) in [5.74, 6) is -0.415. The molecule has 0 bridgehead atoms. The second-order valence-corrected chi connectivity index (χ2v) is 3.83. The molecule has 0 spiro atoms. The van der Waals surface area contributed by atoms with E-state index in [1.807, 2.05) is 0 Å². The predicted octanol–water partition coefficient (Wildman–Crippen LogP) is -0.213. The Labute approximate surface area is 100 Å². The first-order valence-electron chi connectivity index (χ1n) is 4.56. The minimum absolute atomic E-state index is 0.0308. The van der Waals surface area contributed by atoms with Crippen molar-refractivity contribution in [3.8, 4) is 0 Å². The van der Waals surface area contributed by atoms with Crippen molar-refractivity contribution in [1.82, 2.24) is 30.2 Å². The number of esters is 1. The Balaban J connectivity index is 2.12. The topological polar surface area (TPSA) is 95.7 Å². The number of hydrogen-bond acceptors (Lipinski definition) is 8. The van der Waals surface area contributed by atoms with E-state index in [0.29, 0.717) is 10.2 Å². The van der Waals surface area contributed by atoms with Gasteiger partial charge in [-0.3, -0.25) is 4.79 Å². The lowest BCUT2D eigenvalue weighted by atomic mass is 10.7. The number of aromatic nitrogens is 6. The van der Waals surface area contributed by atoms with Crippen LogP contribution >= 0.6 is 11.8 Å². The molecule has 0 saturated carbocycles. The largest absolute Gasteiger partial charge is 0.468 e. The highest BCUT2D eigenvalue weighted by Crippen LogP contribution is 2.21. The van der Waals surface area contributed by atoms with Crippen LogP contribution < -0.4 is 0 Å². The zero-order valence-electron chi connectivity index (χ0n) is 8.85. The molecule has 0 saturated heterocycles. The zero-order chi connectivity index (χ0) is 12.1. The molecule has 0 unspecified atom stereocenters. The molecule has 0 aliphatic carbocycles. The van der Waals surface area contributed by atoms with Crippen molar-refractivity contribution in [2.45, 2.75) is 16.7 Å². The number of methoxy groups -OCH3 is 1. The van der Waals surface area contributed by atoms with Crippen molar-refractivity contribution in [2.24, 2.45) is 0 Å². The smallest absolute Gasteiger partial charge is 0.327 e. The van der Waals surface area contributed by atoms with Crippen molar-refractivity contribution in [1.29, 1.82) is 0 Å². The molecule has 0 aliphatic heterocycles. The van der Waals surface area contributed by atoms with Crippen LogP contribution in [0.15, 0.2) is 28.8 Å². The maximum absolute atomic E-state index is 11.1. The lowest BCUT2D eigenvalue weighted by Crippen LogP contribution is -2.13. The summed E-state index contributed by atoms with van der Waals surface area (Å²) in [6.07, 6.45) is 3.04. The zero-order valence-corrected chi connectivity index (χ0v) is 9.66. The lowest BCUT2D eigenvalue weighted by molar-refractivity contribution is -0.141. The Morgan fingerprint density at radius 2 is 2.47 bits per heavy atom. The maximum Gasteiger partial charge on any atom is 0.327 e. The summed E-state index contributed by atoms with van der Waals surface area (Å²) in [5.41, 5.74) is 0. The first-order chi connectivity index (χ1) is 8.29. The Bertz CT molecular complexity index is 502. The number of rotatable bonds is 4. The van der Waals surface area contributed by atoms with Crippen LogP contribution in [-0.4, -0.2) is 43.3 Å². The predicted molar refractivity (Wildman–Crippen MR) is 56.0 cm³/mol. The maximum atomic E-state index is 11.1. The summed E-state index contributed by atoms with van der Waals surface area (Å²) in [7, 11) is 1.31.